The molecule has 0 aromatic rings. The van der Waals surface area contributed by atoms with Crippen molar-refractivity contribution >= 4 is 11.9 Å². The van der Waals surface area contributed by atoms with Crippen molar-refractivity contribution in [1.29, 1.82) is 0 Å². The molecule has 3 fully saturated rings. The summed E-state index contributed by atoms with van der Waals surface area (Å²) in [5.41, 5.74) is 0. The zero-order chi connectivity index (χ0) is 12.0. The number of esters is 1. The van der Waals surface area contributed by atoms with E-state index in [1.807, 2.05) is 0 Å². The van der Waals surface area contributed by atoms with E-state index >= 15 is 0 Å². The maximum Gasteiger partial charge on any atom is 0.309 e. The van der Waals surface area contributed by atoms with Crippen LogP contribution in [0.4, 0.5) is 0 Å². The van der Waals surface area contributed by atoms with Crippen molar-refractivity contribution < 1.29 is 14.3 Å². The second kappa shape index (κ2) is 4.00. The normalized spacial score (nSPS) is 31.2. The molecule has 17 heavy (non-hydrogen) atoms. The molecule has 0 aromatic heterocycles. The fourth-order valence-corrected chi connectivity index (χ4v) is 2.70. The monoisotopic (exact) mass is 237 g/mol. The van der Waals surface area contributed by atoms with Crippen LogP contribution < -0.4 is 5.32 Å². The van der Waals surface area contributed by atoms with E-state index < -0.39 is 0 Å². The fraction of sp³-hybridized carbons (Fsp3) is 0.846. The molecule has 0 unspecified atom stereocenters. The number of nitrogens with one attached hydrogen (secondary N) is 1. The molecule has 4 nitrogen and oxygen atoms in total. The molecule has 0 bridgehead atoms. The minimum atomic E-state index is -0.237. The second-order valence-corrected chi connectivity index (χ2v) is 5.68. The fourth-order valence-electron chi connectivity index (χ4n) is 2.70. The minimum Gasteiger partial charge on any atom is -0.469 e. The summed E-state index contributed by atoms with van der Waals surface area (Å²) in [6.07, 6.45) is 5.69. The molecule has 2 atom stereocenters. The van der Waals surface area contributed by atoms with E-state index in [9.17, 15) is 9.59 Å². The van der Waals surface area contributed by atoms with Gasteiger partial charge in [-0.1, -0.05) is 0 Å². The van der Waals surface area contributed by atoms with E-state index in [0.29, 0.717) is 24.3 Å². The van der Waals surface area contributed by atoms with Crippen LogP contribution in [-0.4, -0.2) is 25.0 Å². The summed E-state index contributed by atoms with van der Waals surface area (Å²) in [6.45, 7) is 0. The van der Waals surface area contributed by atoms with Crippen molar-refractivity contribution in [2.24, 2.45) is 23.7 Å². The lowest BCUT2D eigenvalue weighted by Gasteiger charge is -2.17. The summed E-state index contributed by atoms with van der Waals surface area (Å²) >= 11 is 0. The van der Waals surface area contributed by atoms with Crippen molar-refractivity contribution in [2.75, 3.05) is 7.11 Å². The van der Waals surface area contributed by atoms with Crippen LogP contribution in [0.15, 0.2) is 0 Å². The first-order chi connectivity index (χ1) is 8.20. The highest BCUT2D eigenvalue weighted by atomic mass is 16.5. The van der Waals surface area contributed by atoms with Gasteiger partial charge in [-0.05, 0) is 43.9 Å². The zero-order valence-electron chi connectivity index (χ0n) is 10.1. The topological polar surface area (TPSA) is 55.4 Å². The number of rotatable bonds is 5. The van der Waals surface area contributed by atoms with E-state index in [4.69, 9.17) is 0 Å². The maximum atomic E-state index is 12.0. The summed E-state index contributed by atoms with van der Waals surface area (Å²) in [4.78, 5) is 23.3. The van der Waals surface area contributed by atoms with Gasteiger partial charge in [0.2, 0.25) is 5.91 Å². The zero-order valence-corrected chi connectivity index (χ0v) is 10.1. The van der Waals surface area contributed by atoms with Crippen molar-refractivity contribution in [3.63, 3.8) is 0 Å². The van der Waals surface area contributed by atoms with Crippen molar-refractivity contribution in [2.45, 2.75) is 38.1 Å². The van der Waals surface area contributed by atoms with Crippen molar-refractivity contribution in [1.82, 2.24) is 5.32 Å². The number of carbonyl (C=O) groups is 2. The molecule has 0 aromatic carbocycles. The maximum absolute atomic E-state index is 12.0. The Morgan fingerprint density at radius 2 is 1.71 bits per heavy atom. The van der Waals surface area contributed by atoms with E-state index in [1.54, 1.807) is 0 Å². The van der Waals surface area contributed by atoms with Gasteiger partial charge in [-0.25, -0.2) is 0 Å². The lowest BCUT2D eigenvalue weighted by atomic mass is 10.1. The largest absolute Gasteiger partial charge is 0.469 e. The quantitative estimate of drug-likeness (QED) is 0.728. The predicted molar refractivity (Wildman–Crippen MR) is 61.0 cm³/mol. The Morgan fingerprint density at radius 3 is 2.18 bits per heavy atom. The highest BCUT2D eigenvalue weighted by molar-refractivity contribution is 5.90. The van der Waals surface area contributed by atoms with Crippen LogP contribution in [0.3, 0.4) is 0 Å². The first kappa shape index (κ1) is 11.1. The molecule has 0 saturated heterocycles. The molecule has 1 amide bonds. The first-order valence-electron chi connectivity index (χ1n) is 6.59. The molecule has 0 heterocycles. The second-order valence-electron chi connectivity index (χ2n) is 5.68. The van der Waals surface area contributed by atoms with Crippen LogP contribution in [0.25, 0.3) is 0 Å². The molecule has 3 aliphatic carbocycles. The predicted octanol–water partition coefficient (Wildman–Crippen LogP) is 1.10. The van der Waals surface area contributed by atoms with E-state index in [2.05, 4.69) is 10.1 Å². The lowest BCUT2D eigenvalue weighted by Crippen LogP contribution is -2.39. The average Bonchev–Trinajstić information content (AvgIpc) is 3.18. The van der Waals surface area contributed by atoms with Crippen LogP contribution in [-0.2, 0) is 14.3 Å². The van der Waals surface area contributed by atoms with Crippen LogP contribution in [0.1, 0.15) is 32.1 Å². The third-order valence-corrected chi connectivity index (χ3v) is 4.20. The highest BCUT2D eigenvalue weighted by Gasteiger charge is 2.51. The summed E-state index contributed by atoms with van der Waals surface area (Å²) in [7, 11) is 1.38. The van der Waals surface area contributed by atoms with Crippen LogP contribution in [0.5, 0.6) is 0 Å². The van der Waals surface area contributed by atoms with Gasteiger partial charge in [-0.3, -0.25) is 9.59 Å². The van der Waals surface area contributed by atoms with Gasteiger partial charge >= 0.3 is 5.97 Å². The standard InChI is InChI=1S/C13H19NO3/c1-17-13(16)10-6-9(10)12(15)14-11(7-2-3-7)8-4-5-8/h7-11H,2-6H2,1H3,(H,14,15)/t9-,10+/m1/s1. The molecule has 3 aliphatic rings. The van der Waals surface area contributed by atoms with Crippen LogP contribution in [0.2, 0.25) is 0 Å². The van der Waals surface area contributed by atoms with Gasteiger partial charge < -0.3 is 10.1 Å². The van der Waals surface area contributed by atoms with E-state index in [1.165, 1.54) is 32.8 Å². The molecule has 94 valence electrons. The van der Waals surface area contributed by atoms with Gasteiger partial charge in [0.15, 0.2) is 0 Å². The Labute approximate surface area is 101 Å². The summed E-state index contributed by atoms with van der Waals surface area (Å²) in [5, 5.41) is 3.17. The first-order valence-corrected chi connectivity index (χ1v) is 6.59. The number of ether oxygens (including phenoxy) is 1. The van der Waals surface area contributed by atoms with Gasteiger partial charge in [0.1, 0.15) is 0 Å². The Kier molecular flexibility index (Phi) is 2.60. The molecule has 4 heteroatoms. The van der Waals surface area contributed by atoms with Crippen LogP contribution in [0, 0.1) is 23.7 Å². The van der Waals surface area contributed by atoms with Crippen molar-refractivity contribution in [3.8, 4) is 0 Å². The SMILES string of the molecule is COC(=O)[C@H]1C[C@H]1C(=O)NC(C1CC1)C1CC1. The number of carbonyl (C=O) groups excluding carboxylic acids is 2. The molecule has 1 N–H and O–H groups in total. The molecule has 3 rings (SSSR count). The Hall–Kier alpha value is -1.06. The van der Waals surface area contributed by atoms with E-state index in [0.717, 1.165) is 0 Å². The van der Waals surface area contributed by atoms with E-state index in [-0.39, 0.29) is 23.7 Å². The van der Waals surface area contributed by atoms with Gasteiger partial charge in [0, 0.05) is 6.04 Å². The number of methoxy groups -OCH3 is 1. The molecular formula is C13H19NO3. The summed E-state index contributed by atoms with van der Waals surface area (Å²) in [5.74, 6) is 0.953. The van der Waals surface area contributed by atoms with Gasteiger partial charge in [-0.2, -0.15) is 0 Å². The number of amides is 1. The summed E-state index contributed by atoms with van der Waals surface area (Å²) in [6, 6.07) is 0.390. The Balaban J connectivity index is 1.51. The van der Waals surface area contributed by atoms with Gasteiger partial charge in [0.25, 0.3) is 0 Å². The van der Waals surface area contributed by atoms with Crippen molar-refractivity contribution in [3.05, 3.63) is 0 Å². The molecule has 0 spiro atoms. The molecule has 0 radical (unpaired) electrons. The third-order valence-electron chi connectivity index (χ3n) is 4.20. The summed E-state index contributed by atoms with van der Waals surface area (Å²) < 4.78 is 4.66. The highest BCUT2D eigenvalue weighted by Crippen LogP contribution is 2.46. The Bertz CT molecular complexity index is 335. The lowest BCUT2D eigenvalue weighted by molar-refractivity contribution is -0.143. The molecular weight excluding hydrogens is 218 g/mol. The van der Waals surface area contributed by atoms with Gasteiger partial charge in [0.05, 0.1) is 18.9 Å². The number of hydrogen-bond acceptors (Lipinski definition) is 3. The van der Waals surface area contributed by atoms with Crippen LogP contribution >= 0.6 is 0 Å². The molecule has 0 aliphatic heterocycles. The molecule has 3 saturated carbocycles. The minimum absolute atomic E-state index is 0.0733. The third kappa shape index (κ3) is 2.31. The van der Waals surface area contributed by atoms with Gasteiger partial charge in [-0.15, -0.1) is 0 Å². The average molecular weight is 237 g/mol. The smallest absolute Gasteiger partial charge is 0.309 e. The number of hydrogen-bond donors (Lipinski definition) is 1. The Morgan fingerprint density at radius 1 is 1.12 bits per heavy atom.